The zero-order valence-electron chi connectivity index (χ0n) is 12.5. The highest BCUT2D eigenvalue weighted by molar-refractivity contribution is 6.67. The Balaban J connectivity index is 1.93. The molecule has 0 radical (unpaired) electrons. The van der Waals surface area contributed by atoms with Gasteiger partial charge in [-0.15, -0.1) is 0 Å². The molecule has 108 valence electrons. The fraction of sp³-hybridized carbons (Fsp3) is 0.235. The van der Waals surface area contributed by atoms with Gasteiger partial charge in [-0.2, -0.15) is 0 Å². The van der Waals surface area contributed by atoms with Crippen molar-refractivity contribution < 1.29 is 4.74 Å². The SMILES string of the molecule is COc1cc(C2=CCB(C#N)CC2)ccc1-c1ncccn1. The fourth-order valence-corrected chi connectivity index (χ4v) is 2.73. The van der Waals surface area contributed by atoms with Gasteiger partial charge in [0.25, 0.3) is 6.71 Å². The Kier molecular flexibility index (Phi) is 4.20. The molecule has 5 heteroatoms. The highest BCUT2D eigenvalue weighted by Gasteiger charge is 2.19. The molecular weight excluding hydrogens is 273 g/mol. The quantitative estimate of drug-likeness (QED) is 0.811. The van der Waals surface area contributed by atoms with E-state index in [9.17, 15) is 0 Å². The van der Waals surface area contributed by atoms with Crippen LogP contribution in [0.25, 0.3) is 17.0 Å². The van der Waals surface area contributed by atoms with E-state index in [1.165, 1.54) is 5.57 Å². The second kappa shape index (κ2) is 6.44. The molecule has 2 aromatic rings. The molecule has 0 aliphatic carbocycles. The lowest BCUT2D eigenvalue weighted by Gasteiger charge is -2.16. The molecule has 0 spiro atoms. The number of allylic oxidation sites excluding steroid dienone is 2. The minimum Gasteiger partial charge on any atom is -0.496 e. The number of rotatable bonds is 3. The summed E-state index contributed by atoms with van der Waals surface area (Å²) in [6, 6.07) is 7.90. The summed E-state index contributed by atoms with van der Waals surface area (Å²) in [5.41, 5.74) is 3.32. The van der Waals surface area contributed by atoms with Gasteiger partial charge < -0.3 is 4.74 Å². The number of benzene rings is 1. The molecule has 0 N–H and O–H groups in total. The average molecular weight is 289 g/mol. The smallest absolute Gasteiger partial charge is 0.271 e. The van der Waals surface area contributed by atoms with Crippen molar-refractivity contribution in [3.05, 3.63) is 48.3 Å². The first-order chi connectivity index (χ1) is 10.8. The molecule has 2 heterocycles. The molecule has 0 bridgehead atoms. The first-order valence-corrected chi connectivity index (χ1v) is 7.36. The number of nitrogens with zero attached hydrogens (tertiary/aromatic N) is 3. The maximum absolute atomic E-state index is 8.98. The van der Waals surface area contributed by atoms with Crippen LogP contribution >= 0.6 is 0 Å². The van der Waals surface area contributed by atoms with Gasteiger partial charge in [0.15, 0.2) is 5.82 Å². The number of nitriles is 1. The van der Waals surface area contributed by atoms with Gasteiger partial charge in [-0.1, -0.05) is 18.5 Å². The second-order valence-corrected chi connectivity index (χ2v) is 5.32. The predicted octanol–water partition coefficient (Wildman–Crippen LogP) is 3.50. The molecule has 1 aromatic carbocycles. The number of methoxy groups -OCH3 is 1. The Morgan fingerprint density at radius 2 is 2.09 bits per heavy atom. The van der Waals surface area contributed by atoms with Crippen LogP contribution in [0.4, 0.5) is 0 Å². The summed E-state index contributed by atoms with van der Waals surface area (Å²) >= 11 is 0. The summed E-state index contributed by atoms with van der Waals surface area (Å²) in [5.74, 6) is 3.77. The minimum atomic E-state index is 0.155. The number of ether oxygens (including phenoxy) is 1. The third-order valence-corrected chi connectivity index (χ3v) is 3.97. The Morgan fingerprint density at radius 3 is 2.73 bits per heavy atom. The van der Waals surface area contributed by atoms with Crippen molar-refractivity contribution >= 4 is 12.3 Å². The van der Waals surface area contributed by atoms with E-state index in [4.69, 9.17) is 10.00 Å². The van der Waals surface area contributed by atoms with Crippen LogP contribution in [-0.4, -0.2) is 23.8 Å². The van der Waals surface area contributed by atoms with Crippen molar-refractivity contribution in [2.45, 2.75) is 19.1 Å². The Hall–Kier alpha value is -2.61. The van der Waals surface area contributed by atoms with Gasteiger partial charge in [-0.05, 0) is 42.1 Å². The van der Waals surface area contributed by atoms with Gasteiger partial charge in [0.1, 0.15) is 5.75 Å². The Bertz CT molecular complexity index is 737. The fourth-order valence-electron chi connectivity index (χ4n) is 2.73. The molecule has 0 atom stereocenters. The highest BCUT2D eigenvalue weighted by Crippen LogP contribution is 2.34. The van der Waals surface area contributed by atoms with E-state index in [1.54, 1.807) is 25.6 Å². The van der Waals surface area contributed by atoms with Crippen molar-refractivity contribution in [3.63, 3.8) is 0 Å². The van der Waals surface area contributed by atoms with Crippen molar-refractivity contribution in [3.8, 4) is 23.1 Å². The van der Waals surface area contributed by atoms with Crippen molar-refractivity contribution in [1.82, 2.24) is 9.97 Å². The summed E-state index contributed by atoms with van der Waals surface area (Å²) in [5, 5.41) is 8.98. The van der Waals surface area contributed by atoms with Crippen molar-refractivity contribution in [2.75, 3.05) is 7.11 Å². The van der Waals surface area contributed by atoms with Gasteiger partial charge in [0.05, 0.1) is 12.7 Å². The lowest BCUT2D eigenvalue weighted by atomic mass is 9.43. The van der Waals surface area contributed by atoms with Gasteiger partial charge >= 0.3 is 0 Å². The maximum Gasteiger partial charge on any atom is 0.271 e. The largest absolute Gasteiger partial charge is 0.496 e. The standard InChI is InChI=1S/C17H16BN3O/c1-22-16-11-14(13-5-7-18(12-19)8-6-13)3-4-15(16)17-20-9-2-10-21-17/h2-5,9-11H,6-8H2,1H3. The number of aromatic nitrogens is 2. The molecule has 4 nitrogen and oxygen atoms in total. The molecule has 1 aromatic heterocycles. The summed E-state index contributed by atoms with van der Waals surface area (Å²) in [7, 11) is 1.66. The molecule has 0 fully saturated rings. The molecule has 0 amide bonds. The van der Waals surface area contributed by atoms with E-state index >= 15 is 0 Å². The van der Waals surface area contributed by atoms with Crippen LogP contribution in [0, 0.1) is 11.2 Å². The zero-order chi connectivity index (χ0) is 15.4. The van der Waals surface area contributed by atoms with Gasteiger partial charge in [-0.3, -0.25) is 0 Å². The van der Waals surface area contributed by atoms with Crippen LogP contribution in [0.1, 0.15) is 12.0 Å². The minimum absolute atomic E-state index is 0.155. The lowest BCUT2D eigenvalue weighted by molar-refractivity contribution is 0.416. The number of hydrogen-bond acceptors (Lipinski definition) is 4. The van der Waals surface area contributed by atoms with Crippen LogP contribution in [0.2, 0.25) is 12.6 Å². The van der Waals surface area contributed by atoms with Crippen molar-refractivity contribution in [2.24, 2.45) is 0 Å². The summed E-state index contributed by atoms with van der Waals surface area (Å²) in [6.45, 7) is 0.155. The van der Waals surface area contributed by atoms with E-state index < -0.39 is 0 Å². The number of hydrogen-bond donors (Lipinski definition) is 0. The molecule has 22 heavy (non-hydrogen) atoms. The topological polar surface area (TPSA) is 58.8 Å². The molecule has 0 unspecified atom stereocenters. The molecule has 3 rings (SSSR count). The van der Waals surface area contributed by atoms with E-state index in [0.717, 1.165) is 35.9 Å². The molecule has 0 saturated heterocycles. The van der Waals surface area contributed by atoms with E-state index in [1.807, 2.05) is 12.1 Å². The van der Waals surface area contributed by atoms with Crippen LogP contribution in [-0.2, 0) is 0 Å². The first-order valence-electron chi connectivity index (χ1n) is 7.36. The predicted molar refractivity (Wildman–Crippen MR) is 87.6 cm³/mol. The second-order valence-electron chi connectivity index (χ2n) is 5.32. The van der Waals surface area contributed by atoms with E-state index in [2.05, 4.69) is 28.1 Å². The normalized spacial score (nSPS) is 14.2. The van der Waals surface area contributed by atoms with Gasteiger partial charge in [0, 0.05) is 18.4 Å². The van der Waals surface area contributed by atoms with Gasteiger partial charge in [0.2, 0.25) is 0 Å². The van der Waals surface area contributed by atoms with Crippen LogP contribution < -0.4 is 4.74 Å². The van der Waals surface area contributed by atoms with E-state index in [0.29, 0.717) is 5.82 Å². The molecule has 1 aliphatic heterocycles. The van der Waals surface area contributed by atoms with Gasteiger partial charge in [-0.25, -0.2) is 15.2 Å². The lowest BCUT2D eigenvalue weighted by Crippen LogP contribution is -2.12. The average Bonchev–Trinajstić information content (AvgIpc) is 2.62. The van der Waals surface area contributed by atoms with Crippen LogP contribution in [0.5, 0.6) is 5.75 Å². The molecular formula is C17H16BN3O. The zero-order valence-corrected chi connectivity index (χ0v) is 12.5. The monoisotopic (exact) mass is 289 g/mol. The van der Waals surface area contributed by atoms with E-state index in [-0.39, 0.29) is 6.71 Å². The third kappa shape index (κ3) is 2.87. The Labute approximate surface area is 130 Å². The van der Waals surface area contributed by atoms with Crippen LogP contribution in [0.15, 0.2) is 42.7 Å². The van der Waals surface area contributed by atoms with Crippen molar-refractivity contribution in [1.29, 1.82) is 5.26 Å². The Morgan fingerprint density at radius 1 is 1.27 bits per heavy atom. The van der Waals surface area contributed by atoms with Crippen LogP contribution in [0.3, 0.4) is 0 Å². The summed E-state index contributed by atoms with van der Waals surface area (Å²) in [6.07, 6.45) is 8.31. The maximum atomic E-state index is 8.98. The first kappa shape index (κ1) is 14.3. The summed E-state index contributed by atoms with van der Waals surface area (Å²) < 4.78 is 5.51. The summed E-state index contributed by atoms with van der Waals surface area (Å²) in [4.78, 5) is 8.56. The molecule has 0 saturated carbocycles. The highest BCUT2D eigenvalue weighted by atomic mass is 16.5. The third-order valence-electron chi connectivity index (χ3n) is 3.97. The molecule has 1 aliphatic rings.